The Kier molecular flexibility index (Phi) is 5.42. The number of piperidine rings is 1. The maximum Gasteiger partial charge on any atom is 0.270 e. The van der Waals surface area contributed by atoms with Crippen LogP contribution >= 0.6 is 11.6 Å². The van der Waals surface area contributed by atoms with Gasteiger partial charge in [0.25, 0.3) is 5.91 Å². The van der Waals surface area contributed by atoms with Gasteiger partial charge in [-0.2, -0.15) is 0 Å². The van der Waals surface area contributed by atoms with Gasteiger partial charge in [0.15, 0.2) is 0 Å². The fourth-order valence-corrected chi connectivity index (χ4v) is 4.27. The Morgan fingerprint density at radius 2 is 2.29 bits per heavy atom. The first-order valence-electron chi connectivity index (χ1n) is 9.65. The third-order valence-electron chi connectivity index (χ3n) is 5.59. The lowest BCUT2D eigenvalue weighted by molar-refractivity contribution is 0.0697. The number of rotatable bonds is 5. The molecule has 0 saturated carbocycles. The summed E-state index contributed by atoms with van der Waals surface area (Å²) in [6.07, 6.45) is 5.83. The highest BCUT2D eigenvalue weighted by Crippen LogP contribution is 2.29. The Hall–Kier alpha value is -2.31. The molecule has 1 amide bonds. The van der Waals surface area contributed by atoms with Gasteiger partial charge in [-0.3, -0.25) is 4.79 Å². The number of imidazole rings is 1. The number of H-pyrrole nitrogens is 1. The van der Waals surface area contributed by atoms with Crippen LogP contribution in [0.4, 0.5) is 0 Å². The van der Waals surface area contributed by atoms with Crippen molar-refractivity contribution in [1.29, 1.82) is 0 Å². The van der Waals surface area contributed by atoms with Crippen molar-refractivity contribution in [3.8, 4) is 0 Å². The number of halogens is 1. The summed E-state index contributed by atoms with van der Waals surface area (Å²) in [7, 11) is 1.70. The molecule has 28 heavy (non-hydrogen) atoms. The molecule has 1 saturated heterocycles. The maximum atomic E-state index is 13.3. The van der Waals surface area contributed by atoms with Crippen molar-refractivity contribution in [2.75, 3.05) is 26.8 Å². The number of ether oxygens (including phenoxy) is 1. The summed E-state index contributed by atoms with van der Waals surface area (Å²) in [6.45, 7) is 4.84. The van der Waals surface area contributed by atoms with Crippen molar-refractivity contribution in [1.82, 2.24) is 19.4 Å². The average Bonchev–Trinajstić information content (AvgIpc) is 3.31. The predicted molar refractivity (Wildman–Crippen MR) is 110 cm³/mol. The van der Waals surface area contributed by atoms with Crippen molar-refractivity contribution >= 4 is 28.4 Å². The summed E-state index contributed by atoms with van der Waals surface area (Å²) in [5.41, 5.74) is 2.54. The van der Waals surface area contributed by atoms with Crippen LogP contribution in [0.25, 0.3) is 10.9 Å². The van der Waals surface area contributed by atoms with Gasteiger partial charge in [-0.05, 0) is 43.5 Å². The number of fused-ring (bicyclic) bond motifs is 1. The van der Waals surface area contributed by atoms with Crippen LogP contribution < -0.4 is 0 Å². The van der Waals surface area contributed by atoms with E-state index in [0.717, 1.165) is 48.2 Å². The minimum Gasteiger partial charge on any atom is -0.383 e. The molecule has 0 spiro atoms. The number of hydrogen-bond acceptors (Lipinski definition) is 3. The molecule has 1 fully saturated rings. The van der Waals surface area contributed by atoms with E-state index >= 15 is 0 Å². The van der Waals surface area contributed by atoms with E-state index in [4.69, 9.17) is 16.3 Å². The van der Waals surface area contributed by atoms with Gasteiger partial charge in [-0.1, -0.05) is 11.6 Å². The van der Waals surface area contributed by atoms with Gasteiger partial charge in [0.05, 0.1) is 6.61 Å². The Balaban J connectivity index is 1.56. The van der Waals surface area contributed by atoms with Gasteiger partial charge in [0, 0.05) is 61.0 Å². The molecular weight excluding hydrogens is 376 g/mol. The summed E-state index contributed by atoms with van der Waals surface area (Å²) in [5, 5.41) is 1.68. The maximum absolute atomic E-state index is 13.3. The third kappa shape index (κ3) is 3.54. The van der Waals surface area contributed by atoms with E-state index in [1.54, 1.807) is 7.11 Å². The van der Waals surface area contributed by atoms with Crippen LogP contribution in [0.3, 0.4) is 0 Å². The number of carbonyl (C=O) groups excluding carboxylic acids is 1. The fraction of sp³-hybridized carbons (Fsp3) is 0.429. The SMILES string of the molecule is COCCn1ccnc1C1CCCN(C(=O)c2[nH]c3ccc(Cl)cc3c2C)C1. The highest BCUT2D eigenvalue weighted by atomic mass is 35.5. The van der Waals surface area contributed by atoms with E-state index in [1.807, 2.05) is 42.4 Å². The number of methoxy groups -OCH3 is 1. The lowest BCUT2D eigenvalue weighted by atomic mass is 9.96. The number of hydrogen-bond donors (Lipinski definition) is 1. The van der Waals surface area contributed by atoms with Crippen LogP contribution in [0.15, 0.2) is 30.6 Å². The molecule has 7 heteroatoms. The molecule has 6 nitrogen and oxygen atoms in total. The Morgan fingerprint density at radius 1 is 1.43 bits per heavy atom. The minimum atomic E-state index is 0.0459. The molecule has 2 aromatic heterocycles. The molecule has 0 bridgehead atoms. The van der Waals surface area contributed by atoms with Crippen molar-refractivity contribution < 1.29 is 9.53 Å². The first-order valence-corrected chi connectivity index (χ1v) is 10.0. The zero-order chi connectivity index (χ0) is 19.7. The van der Waals surface area contributed by atoms with E-state index in [1.165, 1.54) is 0 Å². The molecule has 1 N–H and O–H groups in total. The van der Waals surface area contributed by atoms with E-state index in [-0.39, 0.29) is 11.8 Å². The quantitative estimate of drug-likeness (QED) is 0.704. The average molecular weight is 401 g/mol. The van der Waals surface area contributed by atoms with Crippen LogP contribution in [0.2, 0.25) is 5.02 Å². The van der Waals surface area contributed by atoms with E-state index < -0.39 is 0 Å². The van der Waals surface area contributed by atoms with Crippen LogP contribution in [-0.4, -0.2) is 52.1 Å². The van der Waals surface area contributed by atoms with Crippen molar-refractivity contribution in [3.63, 3.8) is 0 Å². The fourth-order valence-electron chi connectivity index (χ4n) is 4.10. The zero-order valence-electron chi connectivity index (χ0n) is 16.2. The smallest absolute Gasteiger partial charge is 0.270 e. The molecule has 1 aromatic carbocycles. The number of aryl methyl sites for hydroxylation is 1. The Labute approximate surface area is 169 Å². The number of carbonyl (C=O) groups is 1. The topological polar surface area (TPSA) is 63.1 Å². The summed E-state index contributed by atoms with van der Waals surface area (Å²) in [6, 6.07) is 5.67. The van der Waals surface area contributed by atoms with Crippen LogP contribution in [0.5, 0.6) is 0 Å². The summed E-state index contributed by atoms with van der Waals surface area (Å²) >= 11 is 6.13. The number of nitrogens with zero attached hydrogens (tertiary/aromatic N) is 3. The van der Waals surface area contributed by atoms with Crippen LogP contribution in [0, 0.1) is 6.92 Å². The molecule has 3 aromatic rings. The first-order chi connectivity index (χ1) is 13.6. The largest absolute Gasteiger partial charge is 0.383 e. The number of benzene rings is 1. The number of likely N-dealkylation sites (tertiary alicyclic amines) is 1. The minimum absolute atomic E-state index is 0.0459. The second-order valence-corrected chi connectivity index (χ2v) is 7.81. The van der Waals surface area contributed by atoms with Crippen molar-refractivity contribution in [2.45, 2.75) is 32.2 Å². The van der Waals surface area contributed by atoms with Crippen molar-refractivity contribution in [3.05, 3.63) is 52.7 Å². The van der Waals surface area contributed by atoms with E-state index in [0.29, 0.717) is 23.9 Å². The van der Waals surface area contributed by atoms with Gasteiger partial charge in [-0.15, -0.1) is 0 Å². The molecule has 148 valence electrons. The molecule has 1 atom stereocenters. The number of aromatic amines is 1. The predicted octanol–water partition coefficient (Wildman–Crippen LogP) is 3.99. The number of nitrogens with one attached hydrogen (secondary N) is 1. The van der Waals surface area contributed by atoms with Gasteiger partial charge >= 0.3 is 0 Å². The normalized spacial score (nSPS) is 17.4. The van der Waals surface area contributed by atoms with Gasteiger partial charge in [0.2, 0.25) is 0 Å². The summed E-state index contributed by atoms with van der Waals surface area (Å²) in [5.74, 6) is 1.32. The Morgan fingerprint density at radius 3 is 3.11 bits per heavy atom. The molecule has 4 rings (SSSR count). The monoisotopic (exact) mass is 400 g/mol. The van der Waals surface area contributed by atoms with Gasteiger partial charge < -0.3 is 19.2 Å². The lowest BCUT2D eigenvalue weighted by Crippen LogP contribution is -2.40. The van der Waals surface area contributed by atoms with Gasteiger partial charge in [-0.25, -0.2) is 4.98 Å². The molecule has 1 aliphatic heterocycles. The molecule has 1 aliphatic rings. The van der Waals surface area contributed by atoms with Gasteiger partial charge in [0.1, 0.15) is 11.5 Å². The first kappa shape index (κ1) is 19.0. The zero-order valence-corrected chi connectivity index (χ0v) is 17.0. The highest BCUT2D eigenvalue weighted by molar-refractivity contribution is 6.31. The Bertz CT molecular complexity index is 994. The number of aromatic nitrogens is 3. The second kappa shape index (κ2) is 7.97. The molecule has 0 aliphatic carbocycles. The summed E-state index contributed by atoms with van der Waals surface area (Å²) < 4.78 is 7.34. The molecule has 0 radical (unpaired) electrons. The third-order valence-corrected chi connectivity index (χ3v) is 5.83. The lowest BCUT2D eigenvalue weighted by Gasteiger charge is -2.32. The highest BCUT2D eigenvalue weighted by Gasteiger charge is 2.29. The summed E-state index contributed by atoms with van der Waals surface area (Å²) in [4.78, 5) is 23.1. The van der Waals surface area contributed by atoms with E-state index in [9.17, 15) is 4.79 Å². The molecular formula is C21H25ClN4O2. The second-order valence-electron chi connectivity index (χ2n) is 7.38. The van der Waals surface area contributed by atoms with E-state index in [2.05, 4.69) is 14.5 Å². The van der Waals surface area contributed by atoms with Crippen LogP contribution in [-0.2, 0) is 11.3 Å². The van der Waals surface area contributed by atoms with Crippen molar-refractivity contribution in [2.24, 2.45) is 0 Å². The van der Waals surface area contributed by atoms with Crippen LogP contribution in [0.1, 0.15) is 40.6 Å². The molecule has 1 unspecified atom stereocenters. The number of amides is 1. The molecule has 3 heterocycles. The standard InChI is InChI=1S/C21H25ClN4O2/c1-14-17-12-16(22)5-6-18(17)24-19(14)21(27)26-8-3-4-15(13-26)20-23-7-9-25(20)10-11-28-2/h5-7,9,12,15,24H,3-4,8,10-11,13H2,1-2H3.